The van der Waals surface area contributed by atoms with E-state index in [-0.39, 0.29) is 34.6 Å². The van der Waals surface area contributed by atoms with Gasteiger partial charge in [-0.05, 0) is 12.1 Å². The molecule has 0 fully saturated rings. The normalized spacial score (nSPS) is 9.56. The van der Waals surface area contributed by atoms with Gasteiger partial charge < -0.3 is 11.1 Å². The van der Waals surface area contributed by atoms with Crippen molar-refractivity contribution in [3.05, 3.63) is 27.7 Å². The molecule has 0 aliphatic carbocycles. The van der Waals surface area contributed by atoms with Crippen LogP contribution in [0.3, 0.4) is 0 Å². The molecule has 0 aliphatic rings. The Balaban J connectivity index is 2.81. The van der Waals surface area contributed by atoms with Gasteiger partial charge in [0.15, 0.2) is 0 Å². The predicted molar refractivity (Wildman–Crippen MR) is 63.4 cm³/mol. The van der Waals surface area contributed by atoms with Crippen LogP contribution in [-0.2, 0) is 0 Å². The minimum Gasteiger partial charge on any atom is -0.396 e. The summed E-state index contributed by atoms with van der Waals surface area (Å²) >= 11 is 11.6. The van der Waals surface area contributed by atoms with E-state index in [0.717, 1.165) is 0 Å². The Morgan fingerprint density at radius 3 is 2.50 bits per heavy atom. The Morgan fingerprint density at radius 1 is 1.44 bits per heavy atom. The summed E-state index contributed by atoms with van der Waals surface area (Å²) in [5.41, 5.74) is 6.10. The van der Waals surface area contributed by atoms with Crippen molar-refractivity contribution in [1.29, 1.82) is 5.26 Å². The van der Waals surface area contributed by atoms with Gasteiger partial charge in [-0.1, -0.05) is 23.2 Å². The zero-order valence-electron chi connectivity index (χ0n) is 8.26. The predicted octanol–water partition coefficient (Wildman–Crippen LogP) is 2.22. The first kappa shape index (κ1) is 12.6. The minimum atomic E-state index is -0.334. The number of nitrogens with one attached hydrogen (secondary N) is 1. The lowest BCUT2D eigenvalue weighted by Gasteiger charge is -2.06. The lowest BCUT2D eigenvalue weighted by atomic mass is 10.2. The van der Waals surface area contributed by atoms with E-state index in [1.807, 2.05) is 6.07 Å². The van der Waals surface area contributed by atoms with Gasteiger partial charge in [-0.2, -0.15) is 5.26 Å². The molecule has 0 saturated carbocycles. The summed E-state index contributed by atoms with van der Waals surface area (Å²) in [4.78, 5) is 11.6. The smallest absolute Gasteiger partial charge is 0.251 e. The number of hydrogen-bond acceptors (Lipinski definition) is 3. The van der Waals surface area contributed by atoms with Crippen LogP contribution < -0.4 is 11.1 Å². The van der Waals surface area contributed by atoms with Crippen molar-refractivity contribution in [2.24, 2.45) is 0 Å². The van der Waals surface area contributed by atoms with E-state index in [4.69, 9.17) is 34.2 Å². The third-order valence-corrected chi connectivity index (χ3v) is 2.49. The lowest BCUT2D eigenvalue weighted by Crippen LogP contribution is -2.24. The van der Waals surface area contributed by atoms with Crippen LogP contribution in [-0.4, -0.2) is 12.5 Å². The van der Waals surface area contributed by atoms with Crippen LogP contribution in [0.2, 0.25) is 10.0 Å². The fraction of sp³-hybridized carbons (Fsp3) is 0.200. The van der Waals surface area contributed by atoms with Crippen LogP contribution in [0.5, 0.6) is 0 Å². The second kappa shape index (κ2) is 5.59. The van der Waals surface area contributed by atoms with Gasteiger partial charge in [-0.25, -0.2) is 0 Å². The van der Waals surface area contributed by atoms with E-state index in [9.17, 15) is 4.79 Å². The van der Waals surface area contributed by atoms with Gasteiger partial charge in [0, 0.05) is 12.1 Å². The standard InChI is InChI=1S/C10H9Cl2N3O/c11-7-4-6(5-8(12)9(7)14)10(16)15-3-1-2-13/h4-5H,1,3,14H2,(H,15,16). The van der Waals surface area contributed by atoms with Crippen molar-refractivity contribution < 1.29 is 4.79 Å². The topological polar surface area (TPSA) is 78.9 Å². The number of hydrogen-bond donors (Lipinski definition) is 2. The van der Waals surface area contributed by atoms with Crippen LogP contribution in [0.15, 0.2) is 12.1 Å². The average molecular weight is 258 g/mol. The van der Waals surface area contributed by atoms with Crippen LogP contribution >= 0.6 is 23.2 Å². The highest BCUT2D eigenvalue weighted by atomic mass is 35.5. The number of nitrogens with two attached hydrogens (primary N) is 1. The zero-order valence-corrected chi connectivity index (χ0v) is 9.77. The molecule has 0 spiro atoms. The number of nitriles is 1. The Hall–Kier alpha value is -1.44. The van der Waals surface area contributed by atoms with E-state index < -0.39 is 0 Å². The van der Waals surface area contributed by atoms with Crippen LogP contribution in [0, 0.1) is 11.3 Å². The maximum absolute atomic E-state index is 11.6. The summed E-state index contributed by atoms with van der Waals surface area (Å²) < 4.78 is 0. The first-order valence-electron chi connectivity index (χ1n) is 4.46. The summed E-state index contributed by atoms with van der Waals surface area (Å²) in [6, 6.07) is 4.79. The first-order chi connectivity index (χ1) is 7.56. The Kier molecular flexibility index (Phi) is 4.41. The van der Waals surface area contributed by atoms with Crippen molar-refractivity contribution in [1.82, 2.24) is 5.32 Å². The number of anilines is 1. The molecule has 0 heterocycles. The number of halogens is 2. The monoisotopic (exact) mass is 257 g/mol. The van der Waals surface area contributed by atoms with Gasteiger partial charge in [0.25, 0.3) is 5.91 Å². The van der Waals surface area contributed by atoms with E-state index in [0.29, 0.717) is 5.56 Å². The molecular formula is C10H9Cl2N3O. The number of carbonyl (C=O) groups is 1. The molecule has 1 aromatic carbocycles. The van der Waals surface area contributed by atoms with Gasteiger partial charge in [0.05, 0.1) is 28.2 Å². The van der Waals surface area contributed by atoms with Gasteiger partial charge in [0.2, 0.25) is 0 Å². The molecule has 0 atom stereocenters. The Bertz CT molecular complexity index is 431. The number of carbonyl (C=O) groups excluding carboxylic acids is 1. The average Bonchev–Trinajstić information content (AvgIpc) is 2.25. The van der Waals surface area contributed by atoms with Crippen molar-refractivity contribution >= 4 is 34.8 Å². The van der Waals surface area contributed by atoms with E-state index >= 15 is 0 Å². The summed E-state index contributed by atoms with van der Waals surface area (Å²) in [7, 11) is 0. The van der Waals surface area contributed by atoms with Crippen molar-refractivity contribution in [2.75, 3.05) is 12.3 Å². The van der Waals surface area contributed by atoms with E-state index in [1.165, 1.54) is 12.1 Å². The molecule has 1 aromatic rings. The van der Waals surface area contributed by atoms with Gasteiger partial charge in [-0.3, -0.25) is 4.79 Å². The van der Waals surface area contributed by atoms with Crippen LogP contribution in [0.4, 0.5) is 5.69 Å². The third kappa shape index (κ3) is 3.02. The van der Waals surface area contributed by atoms with Gasteiger partial charge in [-0.15, -0.1) is 0 Å². The summed E-state index contributed by atoms with van der Waals surface area (Å²) in [6.45, 7) is 0.287. The largest absolute Gasteiger partial charge is 0.396 e. The minimum absolute atomic E-state index is 0.234. The SMILES string of the molecule is N#CCCNC(=O)c1cc(Cl)c(N)c(Cl)c1. The maximum Gasteiger partial charge on any atom is 0.251 e. The fourth-order valence-electron chi connectivity index (χ4n) is 1.05. The highest BCUT2D eigenvalue weighted by molar-refractivity contribution is 6.39. The van der Waals surface area contributed by atoms with Crippen molar-refractivity contribution in [3.8, 4) is 6.07 Å². The molecule has 0 radical (unpaired) electrons. The number of nitrogens with zero attached hydrogens (tertiary/aromatic N) is 1. The molecule has 16 heavy (non-hydrogen) atoms. The molecule has 0 aliphatic heterocycles. The molecule has 1 amide bonds. The molecule has 84 valence electrons. The van der Waals surface area contributed by atoms with Crippen molar-refractivity contribution in [2.45, 2.75) is 6.42 Å². The number of nitrogen functional groups attached to an aromatic ring is 1. The molecule has 1 rings (SSSR count). The van der Waals surface area contributed by atoms with Crippen LogP contribution in [0.1, 0.15) is 16.8 Å². The van der Waals surface area contributed by atoms with Crippen molar-refractivity contribution in [3.63, 3.8) is 0 Å². The third-order valence-electron chi connectivity index (χ3n) is 1.86. The van der Waals surface area contributed by atoms with E-state index in [1.54, 1.807) is 0 Å². The molecule has 0 bridgehead atoms. The molecular weight excluding hydrogens is 249 g/mol. The van der Waals surface area contributed by atoms with Crippen LogP contribution in [0.25, 0.3) is 0 Å². The highest BCUT2D eigenvalue weighted by Gasteiger charge is 2.10. The molecule has 0 unspecified atom stereocenters. The summed E-state index contributed by atoms with van der Waals surface area (Å²) in [5, 5.41) is 11.3. The highest BCUT2D eigenvalue weighted by Crippen LogP contribution is 2.28. The van der Waals surface area contributed by atoms with Gasteiger partial charge in [0.1, 0.15) is 0 Å². The summed E-state index contributed by atoms with van der Waals surface area (Å²) in [6.07, 6.45) is 0.252. The van der Waals surface area contributed by atoms with E-state index in [2.05, 4.69) is 5.32 Å². The summed E-state index contributed by atoms with van der Waals surface area (Å²) in [5.74, 6) is -0.334. The maximum atomic E-state index is 11.6. The molecule has 4 nitrogen and oxygen atoms in total. The zero-order chi connectivity index (χ0) is 12.1. The first-order valence-corrected chi connectivity index (χ1v) is 5.21. The molecule has 0 aromatic heterocycles. The second-order valence-electron chi connectivity index (χ2n) is 3.02. The Labute approximate surface area is 103 Å². The molecule has 0 saturated heterocycles. The fourth-order valence-corrected chi connectivity index (χ4v) is 1.54. The Morgan fingerprint density at radius 2 is 2.00 bits per heavy atom. The second-order valence-corrected chi connectivity index (χ2v) is 3.83. The van der Waals surface area contributed by atoms with Gasteiger partial charge >= 0.3 is 0 Å². The lowest BCUT2D eigenvalue weighted by molar-refractivity contribution is 0.0954. The number of benzene rings is 1. The quantitative estimate of drug-likeness (QED) is 0.644. The number of rotatable bonds is 3. The number of amides is 1. The molecule has 3 N–H and O–H groups in total. The molecule has 6 heteroatoms.